The first kappa shape index (κ1) is 12.7. The van der Waals surface area contributed by atoms with Crippen LogP contribution in [0.25, 0.3) is 0 Å². The van der Waals surface area contributed by atoms with Crippen LogP contribution < -0.4 is 0 Å². The second kappa shape index (κ2) is 5.02. The molecule has 0 aromatic carbocycles. The lowest BCUT2D eigenvalue weighted by Gasteiger charge is -2.23. The summed E-state index contributed by atoms with van der Waals surface area (Å²) in [6.45, 7) is 6.50. The summed E-state index contributed by atoms with van der Waals surface area (Å²) in [5, 5.41) is 9.11. The van der Waals surface area contributed by atoms with E-state index in [2.05, 4.69) is 34.7 Å². The molecule has 1 saturated carbocycles. The van der Waals surface area contributed by atoms with Crippen LogP contribution in [0, 0.1) is 16.7 Å². The molecule has 1 aromatic heterocycles. The Morgan fingerprint density at radius 1 is 1.32 bits per heavy atom. The maximum atomic E-state index is 9.11. The van der Waals surface area contributed by atoms with Crippen molar-refractivity contribution in [1.82, 2.24) is 9.47 Å². The molecule has 0 amide bonds. The van der Waals surface area contributed by atoms with Crippen molar-refractivity contribution in [1.29, 1.82) is 5.26 Å². The third kappa shape index (κ3) is 2.42. The predicted molar refractivity (Wildman–Crippen MR) is 75.6 cm³/mol. The van der Waals surface area contributed by atoms with E-state index in [4.69, 9.17) is 5.26 Å². The van der Waals surface area contributed by atoms with Gasteiger partial charge in [-0.25, -0.2) is 0 Å². The molecular formula is C16H23N3. The standard InChI is InChI=1S/C16H23N3/c1-2-19-12-14(9-15(19)10-17)11-18-8-7-16(13-18)5-3-4-6-16/h9,12H,2-8,11,13H2,1H3. The largest absolute Gasteiger partial charge is 0.339 e. The van der Waals surface area contributed by atoms with Crippen LogP contribution in [0.2, 0.25) is 0 Å². The van der Waals surface area contributed by atoms with Crippen LogP contribution in [0.15, 0.2) is 12.3 Å². The summed E-state index contributed by atoms with van der Waals surface area (Å²) >= 11 is 0. The third-order valence-electron chi connectivity index (χ3n) is 5.00. The monoisotopic (exact) mass is 257 g/mol. The van der Waals surface area contributed by atoms with E-state index in [0.29, 0.717) is 5.41 Å². The van der Waals surface area contributed by atoms with E-state index in [9.17, 15) is 0 Å². The molecule has 3 heteroatoms. The molecule has 2 aliphatic rings. The van der Waals surface area contributed by atoms with Crippen LogP contribution in [0.3, 0.4) is 0 Å². The van der Waals surface area contributed by atoms with Gasteiger partial charge in [0.1, 0.15) is 11.8 Å². The minimum atomic E-state index is 0.644. The summed E-state index contributed by atoms with van der Waals surface area (Å²) in [6, 6.07) is 4.34. The number of aromatic nitrogens is 1. The van der Waals surface area contributed by atoms with Gasteiger partial charge in [-0.3, -0.25) is 4.90 Å². The Balaban J connectivity index is 1.66. The number of nitrogens with zero attached hydrogens (tertiary/aromatic N) is 3. The molecule has 3 rings (SSSR count). The fraction of sp³-hybridized carbons (Fsp3) is 0.688. The summed E-state index contributed by atoms with van der Waals surface area (Å²) in [5.41, 5.74) is 2.74. The maximum absolute atomic E-state index is 9.11. The Morgan fingerprint density at radius 2 is 2.11 bits per heavy atom. The highest BCUT2D eigenvalue weighted by Crippen LogP contribution is 2.45. The third-order valence-corrected chi connectivity index (χ3v) is 5.00. The topological polar surface area (TPSA) is 32.0 Å². The van der Waals surface area contributed by atoms with E-state index in [1.54, 1.807) is 0 Å². The van der Waals surface area contributed by atoms with E-state index in [-0.39, 0.29) is 0 Å². The molecule has 19 heavy (non-hydrogen) atoms. The molecule has 1 aliphatic heterocycles. The van der Waals surface area contributed by atoms with Crippen LogP contribution in [-0.4, -0.2) is 22.6 Å². The second-order valence-corrected chi connectivity index (χ2v) is 6.30. The number of hydrogen-bond donors (Lipinski definition) is 0. The van der Waals surface area contributed by atoms with Gasteiger partial charge in [-0.1, -0.05) is 12.8 Å². The molecule has 0 radical (unpaired) electrons. The molecule has 0 N–H and O–H groups in total. The van der Waals surface area contributed by atoms with Crippen molar-refractivity contribution in [2.45, 2.75) is 52.1 Å². The van der Waals surface area contributed by atoms with Crippen molar-refractivity contribution in [3.63, 3.8) is 0 Å². The SMILES string of the molecule is CCn1cc(CN2CCC3(CCCC3)C2)cc1C#N. The minimum Gasteiger partial charge on any atom is -0.339 e. The maximum Gasteiger partial charge on any atom is 0.120 e. The van der Waals surface area contributed by atoms with Crippen molar-refractivity contribution in [2.24, 2.45) is 5.41 Å². The number of aryl methyl sites for hydroxylation is 1. The smallest absolute Gasteiger partial charge is 0.120 e. The summed E-state index contributed by atoms with van der Waals surface area (Å²) in [5.74, 6) is 0. The molecule has 2 fully saturated rings. The van der Waals surface area contributed by atoms with Crippen molar-refractivity contribution >= 4 is 0 Å². The van der Waals surface area contributed by atoms with E-state index in [1.807, 2.05) is 0 Å². The van der Waals surface area contributed by atoms with Crippen LogP contribution in [-0.2, 0) is 13.1 Å². The predicted octanol–water partition coefficient (Wildman–Crippen LogP) is 3.15. The lowest BCUT2D eigenvalue weighted by Crippen LogP contribution is -2.24. The number of likely N-dealkylation sites (tertiary alicyclic amines) is 1. The molecule has 1 aliphatic carbocycles. The van der Waals surface area contributed by atoms with Crippen LogP contribution >= 0.6 is 0 Å². The summed E-state index contributed by atoms with van der Waals surface area (Å²) in [7, 11) is 0. The first-order chi connectivity index (χ1) is 9.24. The van der Waals surface area contributed by atoms with Gasteiger partial charge in [0.15, 0.2) is 0 Å². The summed E-state index contributed by atoms with van der Waals surface area (Å²) in [6.07, 6.45) is 9.26. The first-order valence-corrected chi connectivity index (χ1v) is 7.56. The van der Waals surface area contributed by atoms with Gasteiger partial charge in [0.05, 0.1) is 0 Å². The summed E-state index contributed by atoms with van der Waals surface area (Å²) in [4.78, 5) is 2.59. The Labute approximate surface area is 115 Å². The van der Waals surface area contributed by atoms with Gasteiger partial charge < -0.3 is 4.57 Å². The van der Waals surface area contributed by atoms with Gasteiger partial charge in [0.25, 0.3) is 0 Å². The van der Waals surface area contributed by atoms with Gasteiger partial charge in [0, 0.05) is 25.8 Å². The molecule has 0 unspecified atom stereocenters. The highest BCUT2D eigenvalue weighted by atomic mass is 15.2. The van der Waals surface area contributed by atoms with E-state index >= 15 is 0 Å². The molecule has 0 bridgehead atoms. The fourth-order valence-corrected chi connectivity index (χ4v) is 3.96. The highest BCUT2D eigenvalue weighted by molar-refractivity contribution is 5.28. The van der Waals surface area contributed by atoms with Gasteiger partial charge in [-0.2, -0.15) is 5.26 Å². The number of rotatable bonds is 3. The van der Waals surface area contributed by atoms with E-state index < -0.39 is 0 Å². The molecule has 102 valence electrons. The average molecular weight is 257 g/mol. The average Bonchev–Trinajstić information content (AvgIpc) is 3.12. The van der Waals surface area contributed by atoms with Crippen molar-refractivity contribution < 1.29 is 0 Å². The van der Waals surface area contributed by atoms with Crippen molar-refractivity contribution in [2.75, 3.05) is 13.1 Å². The van der Waals surface area contributed by atoms with Gasteiger partial charge in [-0.05, 0) is 49.8 Å². The van der Waals surface area contributed by atoms with Crippen LogP contribution in [0.5, 0.6) is 0 Å². The van der Waals surface area contributed by atoms with Crippen LogP contribution in [0.4, 0.5) is 0 Å². The molecule has 1 saturated heterocycles. The first-order valence-electron chi connectivity index (χ1n) is 7.56. The highest BCUT2D eigenvalue weighted by Gasteiger charge is 2.39. The minimum absolute atomic E-state index is 0.644. The van der Waals surface area contributed by atoms with Crippen molar-refractivity contribution in [3.8, 4) is 6.07 Å². The zero-order valence-corrected chi connectivity index (χ0v) is 11.9. The zero-order valence-electron chi connectivity index (χ0n) is 11.9. The molecular weight excluding hydrogens is 234 g/mol. The van der Waals surface area contributed by atoms with E-state index in [1.165, 1.54) is 50.8 Å². The van der Waals surface area contributed by atoms with E-state index in [0.717, 1.165) is 18.8 Å². The Morgan fingerprint density at radius 3 is 2.74 bits per heavy atom. The normalized spacial score (nSPS) is 22.1. The Bertz CT molecular complexity index is 489. The number of hydrogen-bond acceptors (Lipinski definition) is 2. The fourth-order valence-electron chi connectivity index (χ4n) is 3.96. The number of nitriles is 1. The summed E-state index contributed by atoms with van der Waals surface area (Å²) < 4.78 is 2.05. The molecule has 2 heterocycles. The molecule has 1 spiro atoms. The van der Waals surface area contributed by atoms with Gasteiger partial charge >= 0.3 is 0 Å². The second-order valence-electron chi connectivity index (χ2n) is 6.30. The van der Waals surface area contributed by atoms with Crippen LogP contribution in [0.1, 0.15) is 50.3 Å². The Hall–Kier alpha value is -1.27. The van der Waals surface area contributed by atoms with Crippen molar-refractivity contribution in [3.05, 3.63) is 23.5 Å². The molecule has 1 aromatic rings. The van der Waals surface area contributed by atoms with Gasteiger partial charge in [0.2, 0.25) is 0 Å². The quantitative estimate of drug-likeness (QED) is 0.833. The molecule has 3 nitrogen and oxygen atoms in total. The lowest BCUT2D eigenvalue weighted by molar-refractivity contribution is 0.256. The lowest BCUT2D eigenvalue weighted by atomic mass is 9.86. The Kier molecular flexibility index (Phi) is 3.36. The zero-order chi connectivity index (χ0) is 13.3. The van der Waals surface area contributed by atoms with Gasteiger partial charge in [-0.15, -0.1) is 0 Å². The molecule has 0 atom stereocenters.